The number of hydrogen-bond donors (Lipinski definition) is 1. The summed E-state index contributed by atoms with van der Waals surface area (Å²) in [7, 11) is 0. The summed E-state index contributed by atoms with van der Waals surface area (Å²) in [6, 6.07) is 0. The molecule has 0 spiro atoms. The topological polar surface area (TPSA) is 63.6 Å². The average Bonchev–Trinajstić information content (AvgIpc) is 2.38. The fourth-order valence-corrected chi connectivity index (χ4v) is 1.50. The summed E-state index contributed by atoms with van der Waals surface area (Å²) in [6.45, 7) is 13.3. The summed E-state index contributed by atoms with van der Waals surface area (Å²) in [6.07, 6.45) is 7.34. The molecule has 0 aliphatic rings. The molecular formula is C18H32O4. The smallest absolute Gasteiger partial charge is 0.306 e. The van der Waals surface area contributed by atoms with Crippen LogP contribution in [0.25, 0.3) is 0 Å². The number of hydrogen-bond acceptors (Lipinski definition) is 4. The molecule has 4 nitrogen and oxygen atoms in total. The highest BCUT2D eigenvalue weighted by molar-refractivity contribution is 5.70. The zero-order chi connectivity index (χ0) is 17.6. The molecule has 128 valence electrons. The van der Waals surface area contributed by atoms with Crippen LogP contribution in [0.5, 0.6) is 0 Å². The van der Waals surface area contributed by atoms with Crippen molar-refractivity contribution in [1.82, 2.24) is 0 Å². The van der Waals surface area contributed by atoms with Gasteiger partial charge in [0.15, 0.2) is 0 Å². The van der Waals surface area contributed by atoms with Crippen molar-refractivity contribution < 1.29 is 19.4 Å². The van der Waals surface area contributed by atoms with Gasteiger partial charge in [0.1, 0.15) is 11.9 Å². The quantitative estimate of drug-likeness (QED) is 0.397. The van der Waals surface area contributed by atoms with Crippen LogP contribution >= 0.6 is 0 Å². The SMILES string of the molecule is C=CC(C)(CCC=C(C)C)OC(=O)CCC.CC(O)CC=O. The number of ether oxygens (including phenoxy) is 1. The van der Waals surface area contributed by atoms with Crippen molar-refractivity contribution >= 4 is 12.3 Å². The van der Waals surface area contributed by atoms with Gasteiger partial charge >= 0.3 is 5.97 Å². The van der Waals surface area contributed by atoms with E-state index in [9.17, 15) is 9.59 Å². The van der Waals surface area contributed by atoms with Gasteiger partial charge in [-0.2, -0.15) is 0 Å². The molecule has 0 saturated carbocycles. The number of rotatable bonds is 9. The Hall–Kier alpha value is -1.42. The predicted octanol–water partition coefficient (Wildman–Crippen LogP) is 3.98. The van der Waals surface area contributed by atoms with Crippen LogP contribution in [0.2, 0.25) is 0 Å². The van der Waals surface area contributed by atoms with Crippen molar-refractivity contribution in [3.63, 3.8) is 0 Å². The lowest BCUT2D eigenvalue weighted by molar-refractivity contribution is -0.154. The lowest BCUT2D eigenvalue weighted by Crippen LogP contribution is -2.29. The van der Waals surface area contributed by atoms with E-state index in [1.165, 1.54) is 5.57 Å². The number of allylic oxidation sites excluding steroid dienone is 2. The first-order valence-electron chi connectivity index (χ1n) is 7.81. The largest absolute Gasteiger partial charge is 0.455 e. The summed E-state index contributed by atoms with van der Waals surface area (Å²) in [5.41, 5.74) is 0.754. The van der Waals surface area contributed by atoms with Crippen molar-refractivity contribution in [2.45, 2.75) is 78.4 Å². The third-order valence-electron chi connectivity index (χ3n) is 2.86. The highest BCUT2D eigenvalue weighted by Crippen LogP contribution is 2.20. The van der Waals surface area contributed by atoms with Crippen LogP contribution in [0.1, 0.15) is 66.7 Å². The summed E-state index contributed by atoms with van der Waals surface area (Å²) in [5, 5.41) is 8.32. The van der Waals surface area contributed by atoms with Gasteiger partial charge in [-0.25, -0.2) is 0 Å². The Bertz CT molecular complexity index is 354. The lowest BCUT2D eigenvalue weighted by atomic mass is 9.99. The van der Waals surface area contributed by atoms with Crippen LogP contribution in [-0.2, 0) is 14.3 Å². The maximum absolute atomic E-state index is 11.4. The van der Waals surface area contributed by atoms with E-state index in [1.54, 1.807) is 13.0 Å². The number of carbonyl (C=O) groups is 2. The Morgan fingerprint density at radius 1 is 1.41 bits per heavy atom. The first-order valence-corrected chi connectivity index (χ1v) is 7.81. The molecule has 0 aromatic rings. The van der Waals surface area contributed by atoms with E-state index >= 15 is 0 Å². The number of esters is 1. The highest BCUT2D eigenvalue weighted by Gasteiger charge is 2.23. The van der Waals surface area contributed by atoms with Gasteiger partial charge in [-0.3, -0.25) is 4.79 Å². The zero-order valence-corrected chi connectivity index (χ0v) is 14.7. The lowest BCUT2D eigenvalue weighted by Gasteiger charge is -2.25. The van der Waals surface area contributed by atoms with Crippen LogP contribution in [0.4, 0.5) is 0 Å². The van der Waals surface area contributed by atoms with Gasteiger partial charge in [-0.1, -0.05) is 25.2 Å². The Kier molecular flexibility index (Phi) is 13.8. The Morgan fingerprint density at radius 2 is 2.00 bits per heavy atom. The van der Waals surface area contributed by atoms with Crippen molar-refractivity contribution in [2.24, 2.45) is 0 Å². The molecule has 0 aliphatic carbocycles. The molecule has 0 amide bonds. The molecule has 0 aromatic carbocycles. The maximum atomic E-state index is 11.4. The first kappa shape index (κ1) is 22.9. The number of aldehydes is 1. The van der Waals surface area contributed by atoms with Crippen molar-refractivity contribution in [3.05, 3.63) is 24.3 Å². The molecule has 2 unspecified atom stereocenters. The molecular weight excluding hydrogens is 280 g/mol. The molecule has 0 heterocycles. The van der Waals surface area contributed by atoms with Crippen molar-refractivity contribution in [1.29, 1.82) is 0 Å². The Labute approximate surface area is 135 Å². The van der Waals surface area contributed by atoms with E-state index in [0.717, 1.165) is 19.3 Å². The third-order valence-corrected chi connectivity index (χ3v) is 2.86. The fourth-order valence-electron chi connectivity index (χ4n) is 1.50. The number of carbonyl (C=O) groups excluding carboxylic acids is 2. The minimum Gasteiger partial charge on any atom is -0.455 e. The molecule has 1 N–H and O–H groups in total. The van der Waals surface area contributed by atoms with E-state index < -0.39 is 11.7 Å². The highest BCUT2D eigenvalue weighted by atomic mass is 16.6. The van der Waals surface area contributed by atoms with Gasteiger partial charge in [0, 0.05) is 12.8 Å². The molecule has 0 radical (unpaired) electrons. The summed E-state index contributed by atoms with van der Waals surface area (Å²) in [4.78, 5) is 20.9. The Morgan fingerprint density at radius 3 is 2.32 bits per heavy atom. The normalized spacial score (nSPS) is 13.7. The van der Waals surface area contributed by atoms with Crippen LogP contribution in [0.15, 0.2) is 24.3 Å². The van der Waals surface area contributed by atoms with E-state index in [0.29, 0.717) is 12.7 Å². The average molecular weight is 312 g/mol. The summed E-state index contributed by atoms with van der Waals surface area (Å²) in [5.74, 6) is -0.137. The number of aliphatic hydroxyl groups excluding tert-OH is 1. The maximum Gasteiger partial charge on any atom is 0.306 e. The first-order chi connectivity index (χ1) is 10.2. The standard InChI is InChI=1S/C14H24O2.C4H8O2/c1-6-9-13(15)16-14(5,7-2)11-8-10-12(3)4;1-4(6)2-3-5/h7,10H,2,6,8-9,11H2,1,3-5H3;3-4,6H,2H2,1H3. The van der Waals surface area contributed by atoms with E-state index in [1.807, 2.05) is 13.8 Å². The minimum atomic E-state index is -0.530. The second kappa shape index (κ2) is 13.3. The Balaban J connectivity index is 0. The van der Waals surface area contributed by atoms with Crippen molar-refractivity contribution in [3.8, 4) is 0 Å². The van der Waals surface area contributed by atoms with Gasteiger partial charge in [-0.15, -0.1) is 0 Å². The van der Waals surface area contributed by atoms with Crippen LogP contribution in [0, 0.1) is 0 Å². The second-order valence-corrected chi connectivity index (χ2v) is 5.81. The van der Waals surface area contributed by atoms with E-state index in [2.05, 4.69) is 26.5 Å². The summed E-state index contributed by atoms with van der Waals surface area (Å²) < 4.78 is 5.42. The van der Waals surface area contributed by atoms with Gasteiger partial charge < -0.3 is 14.6 Å². The van der Waals surface area contributed by atoms with Crippen LogP contribution in [0.3, 0.4) is 0 Å². The molecule has 0 rings (SSSR count). The van der Waals surface area contributed by atoms with Gasteiger partial charge in [0.25, 0.3) is 0 Å². The molecule has 0 saturated heterocycles. The summed E-state index contributed by atoms with van der Waals surface area (Å²) >= 11 is 0. The second-order valence-electron chi connectivity index (χ2n) is 5.81. The van der Waals surface area contributed by atoms with Gasteiger partial charge in [0.2, 0.25) is 0 Å². The minimum absolute atomic E-state index is 0.137. The number of aliphatic hydroxyl groups is 1. The van der Waals surface area contributed by atoms with Gasteiger partial charge in [-0.05, 0) is 53.0 Å². The third kappa shape index (κ3) is 15.0. The molecule has 22 heavy (non-hydrogen) atoms. The van der Waals surface area contributed by atoms with E-state index in [-0.39, 0.29) is 12.4 Å². The monoisotopic (exact) mass is 312 g/mol. The molecule has 4 heteroatoms. The van der Waals surface area contributed by atoms with Crippen molar-refractivity contribution in [2.75, 3.05) is 0 Å². The van der Waals surface area contributed by atoms with Crippen LogP contribution < -0.4 is 0 Å². The van der Waals surface area contributed by atoms with Crippen LogP contribution in [-0.4, -0.2) is 29.1 Å². The molecule has 0 aromatic heterocycles. The fraction of sp³-hybridized carbons (Fsp3) is 0.667. The predicted molar refractivity (Wildman–Crippen MR) is 90.6 cm³/mol. The zero-order valence-electron chi connectivity index (χ0n) is 14.7. The molecule has 0 bridgehead atoms. The van der Waals surface area contributed by atoms with E-state index in [4.69, 9.17) is 9.84 Å². The molecule has 0 aliphatic heterocycles. The molecule has 0 fully saturated rings. The molecule has 2 atom stereocenters. The van der Waals surface area contributed by atoms with Gasteiger partial charge in [0.05, 0.1) is 6.10 Å².